The molecule has 14 heavy (non-hydrogen) atoms. The Morgan fingerprint density at radius 3 is 2.07 bits per heavy atom. The first-order valence-corrected chi connectivity index (χ1v) is 4.79. The summed E-state index contributed by atoms with van der Waals surface area (Å²) in [6, 6.07) is 2.29. The second-order valence-corrected chi connectivity index (χ2v) is 4.50. The van der Waals surface area contributed by atoms with E-state index >= 15 is 0 Å². The quantitative estimate of drug-likeness (QED) is 0.749. The van der Waals surface area contributed by atoms with Gasteiger partial charge in [0.25, 0.3) is 0 Å². The van der Waals surface area contributed by atoms with Crippen molar-refractivity contribution in [3.63, 3.8) is 0 Å². The van der Waals surface area contributed by atoms with Crippen molar-refractivity contribution in [2.45, 2.75) is 19.3 Å². The molecule has 0 atom stereocenters. The predicted octanol–water partition coefficient (Wildman–Crippen LogP) is 3.20. The minimum atomic E-state index is -1.14. The van der Waals surface area contributed by atoms with Crippen molar-refractivity contribution in [3.8, 4) is 0 Å². The standard InChI is InChI=1S/C10H9BrF2O/c1-10(2,5-14)9-7(12)3-6(11)4-8(9)13/h3-5H,1-2H3. The molecule has 1 rings (SSSR count). The summed E-state index contributed by atoms with van der Waals surface area (Å²) in [5, 5.41) is 0. The van der Waals surface area contributed by atoms with Crippen LogP contribution in [0.5, 0.6) is 0 Å². The number of benzene rings is 1. The highest BCUT2D eigenvalue weighted by molar-refractivity contribution is 9.10. The summed E-state index contributed by atoms with van der Waals surface area (Å²) >= 11 is 2.97. The van der Waals surface area contributed by atoms with Gasteiger partial charge in [0.1, 0.15) is 17.9 Å². The molecule has 4 heteroatoms. The highest BCUT2D eigenvalue weighted by Gasteiger charge is 2.27. The zero-order chi connectivity index (χ0) is 10.9. The summed E-state index contributed by atoms with van der Waals surface area (Å²) < 4.78 is 27.0. The molecule has 0 aliphatic heterocycles. The van der Waals surface area contributed by atoms with Gasteiger partial charge in [-0.05, 0) is 26.0 Å². The molecule has 76 valence electrons. The Bertz CT molecular complexity index is 351. The van der Waals surface area contributed by atoms with E-state index < -0.39 is 17.0 Å². The van der Waals surface area contributed by atoms with E-state index in [1.165, 1.54) is 13.8 Å². The van der Waals surface area contributed by atoms with Crippen molar-refractivity contribution in [2.24, 2.45) is 0 Å². The third kappa shape index (κ3) is 2.00. The lowest BCUT2D eigenvalue weighted by Gasteiger charge is -2.18. The van der Waals surface area contributed by atoms with Gasteiger partial charge in [-0.15, -0.1) is 0 Å². The first-order chi connectivity index (χ1) is 6.38. The van der Waals surface area contributed by atoms with Crippen LogP contribution in [0.15, 0.2) is 16.6 Å². The van der Waals surface area contributed by atoms with Crippen LogP contribution in [0.25, 0.3) is 0 Å². The molecule has 0 bridgehead atoms. The van der Waals surface area contributed by atoms with Crippen LogP contribution in [0.1, 0.15) is 19.4 Å². The minimum Gasteiger partial charge on any atom is -0.302 e. The van der Waals surface area contributed by atoms with E-state index in [1.807, 2.05) is 0 Å². The normalized spacial score (nSPS) is 11.5. The van der Waals surface area contributed by atoms with Gasteiger partial charge >= 0.3 is 0 Å². The first-order valence-electron chi connectivity index (χ1n) is 4.00. The van der Waals surface area contributed by atoms with Gasteiger partial charge < -0.3 is 4.79 Å². The highest BCUT2D eigenvalue weighted by atomic mass is 79.9. The van der Waals surface area contributed by atoms with E-state index in [-0.39, 0.29) is 5.56 Å². The molecule has 0 saturated heterocycles. The van der Waals surface area contributed by atoms with Crippen LogP contribution in [0.2, 0.25) is 0 Å². The number of aldehydes is 1. The molecule has 0 fully saturated rings. The molecule has 0 heterocycles. The smallest absolute Gasteiger partial charge is 0.131 e. The van der Waals surface area contributed by atoms with Crippen LogP contribution in [0.4, 0.5) is 8.78 Å². The number of hydrogen-bond acceptors (Lipinski definition) is 1. The number of carbonyl (C=O) groups is 1. The maximum absolute atomic E-state index is 13.4. The molecule has 1 nitrogen and oxygen atoms in total. The van der Waals surface area contributed by atoms with Crippen LogP contribution >= 0.6 is 15.9 Å². The minimum absolute atomic E-state index is 0.198. The van der Waals surface area contributed by atoms with Crippen LogP contribution < -0.4 is 0 Å². The fraction of sp³-hybridized carbons (Fsp3) is 0.300. The number of hydrogen-bond donors (Lipinski definition) is 0. The lowest BCUT2D eigenvalue weighted by molar-refractivity contribution is -0.111. The maximum Gasteiger partial charge on any atom is 0.131 e. The summed E-state index contributed by atoms with van der Waals surface area (Å²) in [7, 11) is 0. The van der Waals surface area contributed by atoms with E-state index in [4.69, 9.17) is 0 Å². The van der Waals surface area contributed by atoms with E-state index in [9.17, 15) is 13.6 Å². The molecule has 0 amide bonds. The first kappa shape index (κ1) is 11.3. The molecule has 0 unspecified atom stereocenters. The Hall–Kier alpha value is -0.770. The largest absolute Gasteiger partial charge is 0.302 e. The molecule has 1 aromatic carbocycles. The summed E-state index contributed by atoms with van der Waals surface area (Å²) in [5.41, 5.74) is -1.34. The third-order valence-electron chi connectivity index (χ3n) is 1.95. The lowest BCUT2D eigenvalue weighted by Crippen LogP contribution is -2.22. The number of carbonyl (C=O) groups excluding carboxylic acids is 1. The topological polar surface area (TPSA) is 17.1 Å². The fourth-order valence-electron chi connectivity index (χ4n) is 1.22. The van der Waals surface area contributed by atoms with Crippen LogP contribution in [0, 0.1) is 11.6 Å². The van der Waals surface area contributed by atoms with E-state index in [0.717, 1.165) is 12.1 Å². The zero-order valence-corrected chi connectivity index (χ0v) is 9.36. The van der Waals surface area contributed by atoms with Gasteiger partial charge in [0.15, 0.2) is 0 Å². The molecular weight excluding hydrogens is 254 g/mol. The average molecular weight is 263 g/mol. The van der Waals surface area contributed by atoms with Gasteiger partial charge in [0.05, 0.1) is 5.41 Å². The molecule has 0 saturated carbocycles. The zero-order valence-electron chi connectivity index (χ0n) is 7.77. The third-order valence-corrected chi connectivity index (χ3v) is 2.40. The second kappa shape index (κ2) is 3.77. The van der Waals surface area contributed by atoms with Crippen molar-refractivity contribution in [3.05, 3.63) is 33.8 Å². The number of halogens is 3. The van der Waals surface area contributed by atoms with Gasteiger partial charge in [-0.3, -0.25) is 0 Å². The van der Waals surface area contributed by atoms with Crippen molar-refractivity contribution in [1.29, 1.82) is 0 Å². The summed E-state index contributed by atoms with van der Waals surface area (Å²) in [5.74, 6) is -1.43. The van der Waals surface area contributed by atoms with Crippen LogP contribution in [0.3, 0.4) is 0 Å². The van der Waals surface area contributed by atoms with Crippen molar-refractivity contribution >= 4 is 22.2 Å². The molecule has 0 N–H and O–H groups in total. The van der Waals surface area contributed by atoms with Crippen LogP contribution in [-0.4, -0.2) is 6.29 Å². The summed E-state index contributed by atoms with van der Waals surface area (Å²) in [6.07, 6.45) is 0.530. The maximum atomic E-state index is 13.4. The summed E-state index contributed by atoms with van der Waals surface area (Å²) in [4.78, 5) is 10.7. The average Bonchev–Trinajstić information content (AvgIpc) is 2.01. The van der Waals surface area contributed by atoms with Gasteiger partial charge in [-0.2, -0.15) is 0 Å². The van der Waals surface area contributed by atoms with Crippen molar-refractivity contribution < 1.29 is 13.6 Å². The Labute approximate surface area is 89.3 Å². The molecule has 0 aromatic heterocycles. The molecule has 0 spiro atoms. The Morgan fingerprint density at radius 1 is 1.29 bits per heavy atom. The Kier molecular flexibility index (Phi) is 3.04. The van der Waals surface area contributed by atoms with Gasteiger partial charge in [-0.25, -0.2) is 8.78 Å². The van der Waals surface area contributed by atoms with Crippen LogP contribution in [-0.2, 0) is 10.2 Å². The molecular formula is C10H9BrF2O. The molecule has 0 aliphatic carbocycles. The van der Waals surface area contributed by atoms with E-state index in [1.54, 1.807) is 0 Å². The number of rotatable bonds is 2. The van der Waals surface area contributed by atoms with Crippen molar-refractivity contribution in [1.82, 2.24) is 0 Å². The lowest BCUT2D eigenvalue weighted by atomic mass is 9.85. The SMILES string of the molecule is CC(C)(C=O)c1c(F)cc(Br)cc1F. The van der Waals surface area contributed by atoms with Crippen molar-refractivity contribution in [2.75, 3.05) is 0 Å². The summed E-state index contributed by atoms with van der Waals surface area (Å²) in [6.45, 7) is 2.94. The fourth-order valence-corrected chi connectivity index (χ4v) is 1.62. The van der Waals surface area contributed by atoms with Gasteiger partial charge in [-0.1, -0.05) is 15.9 Å². The van der Waals surface area contributed by atoms with E-state index in [0.29, 0.717) is 10.8 Å². The monoisotopic (exact) mass is 262 g/mol. The molecule has 1 aromatic rings. The predicted molar refractivity (Wildman–Crippen MR) is 53.1 cm³/mol. The Balaban J connectivity index is 3.42. The molecule has 0 radical (unpaired) electrons. The molecule has 0 aliphatic rings. The Morgan fingerprint density at radius 2 is 1.71 bits per heavy atom. The van der Waals surface area contributed by atoms with Gasteiger partial charge in [0, 0.05) is 10.0 Å². The highest BCUT2D eigenvalue weighted by Crippen LogP contribution is 2.29. The van der Waals surface area contributed by atoms with Gasteiger partial charge in [0.2, 0.25) is 0 Å². The van der Waals surface area contributed by atoms with E-state index in [2.05, 4.69) is 15.9 Å². The second-order valence-electron chi connectivity index (χ2n) is 3.58.